The largest absolute Gasteiger partial charge is 0.492 e. The fourth-order valence-corrected chi connectivity index (χ4v) is 7.21. The van der Waals surface area contributed by atoms with Crippen molar-refractivity contribution >= 4 is 81.4 Å². The molecule has 2 unspecified atom stereocenters. The van der Waals surface area contributed by atoms with Gasteiger partial charge in [-0.2, -0.15) is 0 Å². The van der Waals surface area contributed by atoms with E-state index < -0.39 is 17.9 Å². The van der Waals surface area contributed by atoms with Gasteiger partial charge in [0.25, 0.3) is 11.8 Å². The van der Waals surface area contributed by atoms with Crippen LogP contribution >= 0.6 is 28.5 Å². The van der Waals surface area contributed by atoms with Crippen LogP contribution in [0, 0.1) is 0 Å². The van der Waals surface area contributed by atoms with Gasteiger partial charge in [-0.25, -0.2) is 10.1 Å². The monoisotopic (exact) mass is 940 g/mol. The van der Waals surface area contributed by atoms with E-state index in [0.29, 0.717) is 69.5 Å². The van der Waals surface area contributed by atoms with Gasteiger partial charge in [-0.15, -0.1) is 0 Å². The normalized spacial score (nSPS) is 11.6. The van der Waals surface area contributed by atoms with Crippen LogP contribution in [-0.4, -0.2) is 84.0 Å². The molecule has 3 aromatic carbocycles. The summed E-state index contributed by atoms with van der Waals surface area (Å²) in [5, 5.41) is 6.48. The van der Waals surface area contributed by atoms with E-state index in [0.717, 1.165) is 60.7 Å². The van der Waals surface area contributed by atoms with Gasteiger partial charge in [-0.1, -0.05) is 57.2 Å². The summed E-state index contributed by atoms with van der Waals surface area (Å²) in [5.41, 5.74) is 5.98. The molecule has 0 spiro atoms. The molecule has 0 saturated heterocycles. The van der Waals surface area contributed by atoms with E-state index in [1.165, 1.54) is 11.9 Å². The third-order valence-corrected chi connectivity index (χ3v) is 10.8. The lowest BCUT2D eigenvalue weighted by molar-refractivity contribution is -0.131. The Morgan fingerprint density at radius 2 is 1.71 bits per heavy atom. The number of fused-ring (bicyclic) bond motifs is 1. The second kappa shape index (κ2) is 24.9. The Balaban J connectivity index is 1.12. The first-order valence-electron chi connectivity index (χ1n) is 19.8. The third-order valence-electron chi connectivity index (χ3n) is 9.97. The molecular formula is C43H54IN6O8P. The molecule has 316 valence electrons. The van der Waals surface area contributed by atoms with Gasteiger partial charge in [0.2, 0.25) is 18.2 Å². The summed E-state index contributed by atoms with van der Waals surface area (Å²) in [5.74, 6) is -0.502. The SMILES string of the molecule is CCCC(C(=O)NC=O)N(C)C(=O)c1cc(NCCCCCCCCC(=O)N(C)Cc2cccc(OCCn3ccc4ccc(C(=O)NOPI)cc43)c2)ccc1C=O. The molecule has 0 aliphatic heterocycles. The first-order valence-corrected chi connectivity index (χ1v) is 23.8. The highest BCUT2D eigenvalue weighted by molar-refractivity contribution is 14.2. The maximum absolute atomic E-state index is 13.3. The van der Waals surface area contributed by atoms with Crippen molar-refractivity contribution in [3.05, 3.63) is 95.2 Å². The molecule has 59 heavy (non-hydrogen) atoms. The van der Waals surface area contributed by atoms with Crippen LogP contribution in [0.1, 0.15) is 101 Å². The lowest BCUT2D eigenvalue weighted by atomic mass is 10.0. The maximum atomic E-state index is 13.3. The number of halogens is 1. The molecule has 16 heteroatoms. The number of hydrogen-bond donors (Lipinski definition) is 3. The zero-order valence-corrected chi connectivity index (χ0v) is 37.0. The average molecular weight is 941 g/mol. The molecule has 4 aromatic rings. The summed E-state index contributed by atoms with van der Waals surface area (Å²) in [4.78, 5) is 76.6. The van der Waals surface area contributed by atoms with Crippen LogP contribution < -0.4 is 20.9 Å². The Kier molecular flexibility index (Phi) is 19.8. The Morgan fingerprint density at radius 3 is 2.46 bits per heavy atom. The fourth-order valence-electron chi connectivity index (χ4n) is 6.75. The second-order valence-electron chi connectivity index (χ2n) is 14.2. The number of unbranched alkanes of at least 4 members (excludes halogenated alkanes) is 5. The molecule has 0 fully saturated rings. The molecule has 0 bridgehead atoms. The molecule has 0 saturated carbocycles. The molecule has 0 radical (unpaired) electrons. The number of ether oxygens (including phenoxy) is 1. The van der Waals surface area contributed by atoms with E-state index in [-0.39, 0.29) is 29.4 Å². The van der Waals surface area contributed by atoms with Crippen molar-refractivity contribution < 1.29 is 38.1 Å². The molecule has 14 nitrogen and oxygen atoms in total. The maximum Gasteiger partial charge on any atom is 0.275 e. The number of hydroxylamine groups is 1. The number of nitrogens with one attached hydrogen (secondary N) is 3. The molecule has 1 heterocycles. The fraction of sp³-hybridized carbons (Fsp3) is 0.395. The lowest BCUT2D eigenvalue weighted by Crippen LogP contribution is -2.47. The van der Waals surface area contributed by atoms with Gasteiger partial charge in [-0.05, 0) is 101 Å². The Bertz CT molecular complexity index is 2040. The number of rotatable bonds is 26. The van der Waals surface area contributed by atoms with Crippen molar-refractivity contribution in [3.8, 4) is 5.75 Å². The van der Waals surface area contributed by atoms with Crippen molar-refractivity contribution in [1.82, 2.24) is 25.2 Å². The zero-order valence-electron chi connectivity index (χ0n) is 33.8. The number of aromatic nitrogens is 1. The first-order chi connectivity index (χ1) is 28.6. The van der Waals surface area contributed by atoms with E-state index in [1.54, 1.807) is 29.2 Å². The Labute approximate surface area is 360 Å². The number of anilines is 1. The quantitative estimate of drug-likeness (QED) is 0.0190. The number of amides is 5. The van der Waals surface area contributed by atoms with Gasteiger partial charge in [-0.3, -0.25) is 34.1 Å². The van der Waals surface area contributed by atoms with E-state index in [2.05, 4.69) is 20.7 Å². The number of carbonyl (C=O) groups is 6. The number of nitrogens with zero attached hydrogens (tertiary/aromatic N) is 3. The topological polar surface area (TPSA) is 168 Å². The molecule has 0 aliphatic rings. The smallest absolute Gasteiger partial charge is 0.275 e. The molecule has 1 aromatic heterocycles. The van der Waals surface area contributed by atoms with Gasteiger partial charge in [0, 0.05) is 62.1 Å². The lowest BCUT2D eigenvalue weighted by Gasteiger charge is -2.27. The summed E-state index contributed by atoms with van der Waals surface area (Å²) in [6, 6.07) is 19.4. The number of carbonyl (C=O) groups excluding carboxylic acids is 6. The minimum absolute atomic E-state index is 0.101. The predicted octanol–water partition coefficient (Wildman–Crippen LogP) is 7.45. The van der Waals surface area contributed by atoms with Gasteiger partial charge in [0.15, 0.2) is 6.29 Å². The van der Waals surface area contributed by atoms with Crippen molar-refractivity contribution in [2.75, 3.05) is 32.6 Å². The van der Waals surface area contributed by atoms with Crippen molar-refractivity contribution in [1.29, 1.82) is 0 Å². The highest BCUT2D eigenvalue weighted by Gasteiger charge is 2.28. The average Bonchev–Trinajstić information content (AvgIpc) is 3.65. The standard InChI is InChI=1S/C43H54IN6O8P/c1-4-12-38(42(55)46-30-52)49(3)43(56)37-27-35(19-18-34(37)29-51)45-21-10-8-6-5-7-9-15-40(53)48(2)28-31-13-11-14-36(25-31)57-24-23-50-22-20-32-16-17-33(26-39(32)50)41(54)47-58-59-44/h11,13-14,16-20,22,25-27,29-30,38,45,59H,4-10,12,15,21,23-24,28H2,1-3H3,(H,47,54)(H,46,52,55). The molecule has 3 N–H and O–H groups in total. The van der Waals surface area contributed by atoms with Crippen molar-refractivity contribution in [2.24, 2.45) is 0 Å². The number of likely N-dealkylation sites (N-methyl/N-ethyl adjacent to an activating group) is 1. The zero-order chi connectivity index (χ0) is 42.6. The van der Waals surface area contributed by atoms with Crippen LogP contribution in [0.3, 0.4) is 0 Å². The number of aldehydes is 1. The predicted molar refractivity (Wildman–Crippen MR) is 239 cm³/mol. The second-order valence-corrected chi connectivity index (χ2v) is 15.9. The molecule has 4 rings (SSSR count). The van der Waals surface area contributed by atoms with Gasteiger partial charge < -0.3 is 24.4 Å². The van der Waals surface area contributed by atoms with Gasteiger partial charge >= 0.3 is 0 Å². The molecule has 0 aliphatic carbocycles. The van der Waals surface area contributed by atoms with E-state index in [9.17, 15) is 28.8 Å². The van der Waals surface area contributed by atoms with Crippen LogP contribution in [0.2, 0.25) is 0 Å². The third kappa shape index (κ3) is 14.4. The highest BCUT2D eigenvalue weighted by Crippen LogP contribution is 2.23. The van der Waals surface area contributed by atoms with E-state index in [4.69, 9.17) is 9.36 Å². The van der Waals surface area contributed by atoms with Gasteiger partial charge in [0.1, 0.15) is 24.8 Å². The van der Waals surface area contributed by atoms with E-state index in [1.807, 2.05) is 84.7 Å². The number of imide groups is 1. The first kappa shape index (κ1) is 46.8. The van der Waals surface area contributed by atoms with Crippen LogP contribution in [0.15, 0.2) is 72.9 Å². The highest BCUT2D eigenvalue weighted by atomic mass is 127. The molecule has 2 atom stereocenters. The summed E-state index contributed by atoms with van der Waals surface area (Å²) < 4.78 is 13.2. The minimum atomic E-state index is -0.840. The van der Waals surface area contributed by atoms with Crippen molar-refractivity contribution in [2.45, 2.75) is 83.8 Å². The Morgan fingerprint density at radius 1 is 0.932 bits per heavy atom. The van der Waals surface area contributed by atoms with Crippen LogP contribution in [0.25, 0.3) is 10.9 Å². The van der Waals surface area contributed by atoms with Crippen molar-refractivity contribution in [3.63, 3.8) is 0 Å². The van der Waals surface area contributed by atoms with Crippen LogP contribution in [0.4, 0.5) is 5.69 Å². The number of hydrogen-bond acceptors (Lipinski definition) is 9. The van der Waals surface area contributed by atoms with Crippen LogP contribution in [0.5, 0.6) is 5.75 Å². The molecular weight excluding hydrogens is 886 g/mol. The summed E-state index contributed by atoms with van der Waals surface area (Å²) in [6.45, 7) is 4.20. The van der Waals surface area contributed by atoms with Crippen LogP contribution in [-0.2, 0) is 32.1 Å². The summed E-state index contributed by atoms with van der Waals surface area (Å²) in [6.07, 6.45) is 10.1. The summed E-state index contributed by atoms with van der Waals surface area (Å²) in [7, 11) is 3.32. The van der Waals surface area contributed by atoms with E-state index >= 15 is 0 Å². The summed E-state index contributed by atoms with van der Waals surface area (Å²) >= 11 is 2.04. The minimum Gasteiger partial charge on any atom is -0.492 e. The number of benzene rings is 3. The molecule has 5 amide bonds. The Hall–Kier alpha value is -4.86. The van der Waals surface area contributed by atoms with Gasteiger partial charge in [0.05, 0.1) is 12.1 Å².